The maximum Gasteiger partial charge on any atom is 0.287 e. The summed E-state index contributed by atoms with van der Waals surface area (Å²) < 4.78 is 10.3. The molecule has 0 bridgehead atoms. The molecular weight excluding hydrogens is 254 g/mol. The van der Waals surface area contributed by atoms with Crippen LogP contribution in [0.25, 0.3) is 0 Å². The smallest absolute Gasteiger partial charge is 0.287 e. The van der Waals surface area contributed by atoms with Crippen molar-refractivity contribution in [2.24, 2.45) is 0 Å². The number of hydrogen-bond acceptors (Lipinski definition) is 6. The van der Waals surface area contributed by atoms with Crippen molar-refractivity contribution < 1.29 is 29.3 Å². The molecule has 0 radical (unpaired) electrons. The second-order valence-electron chi connectivity index (χ2n) is 4.52. The summed E-state index contributed by atoms with van der Waals surface area (Å²) in [6, 6.07) is 2.28. The Kier molecular flexibility index (Phi) is 4.20. The summed E-state index contributed by atoms with van der Waals surface area (Å²) in [6.07, 6.45) is -2.53. The van der Waals surface area contributed by atoms with E-state index in [2.05, 4.69) is 5.32 Å². The van der Waals surface area contributed by atoms with Crippen LogP contribution >= 0.6 is 0 Å². The summed E-state index contributed by atoms with van der Waals surface area (Å²) in [4.78, 5) is 11.8. The van der Waals surface area contributed by atoms with Gasteiger partial charge in [-0.05, 0) is 19.1 Å². The highest BCUT2D eigenvalue weighted by molar-refractivity contribution is 5.91. The summed E-state index contributed by atoms with van der Waals surface area (Å²) in [5, 5.41) is 31.3. The van der Waals surface area contributed by atoms with Gasteiger partial charge in [-0.1, -0.05) is 0 Å². The van der Waals surface area contributed by atoms with Crippen molar-refractivity contribution in [3.05, 3.63) is 24.2 Å². The number of carbonyl (C=O) groups excluding carboxylic acids is 1. The first kappa shape index (κ1) is 14.0. The lowest BCUT2D eigenvalue weighted by Gasteiger charge is -2.41. The Balaban J connectivity index is 2.05. The fourth-order valence-electron chi connectivity index (χ4n) is 2.13. The highest BCUT2D eigenvalue weighted by Gasteiger charge is 2.43. The van der Waals surface area contributed by atoms with Gasteiger partial charge in [0.1, 0.15) is 18.3 Å². The van der Waals surface area contributed by atoms with Crippen molar-refractivity contribution in [1.82, 2.24) is 5.32 Å². The summed E-state index contributed by atoms with van der Waals surface area (Å²) in [5.74, 6) is -0.391. The molecule has 1 aromatic rings. The first-order valence-corrected chi connectivity index (χ1v) is 6.01. The van der Waals surface area contributed by atoms with Crippen LogP contribution in [0.4, 0.5) is 0 Å². The van der Waals surface area contributed by atoms with Gasteiger partial charge in [0.05, 0.1) is 25.0 Å². The van der Waals surface area contributed by atoms with Gasteiger partial charge in [-0.2, -0.15) is 0 Å². The van der Waals surface area contributed by atoms with E-state index in [1.165, 1.54) is 12.3 Å². The van der Waals surface area contributed by atoms with Gasteiger partial charge in [0.25, 0.3) is 5.91 Å². The Labute approximate surface area is 109 Å². The van der Waals surface area contributed by atoms with Gasteiger partial charge in [0, 0.05) is 0 Å². The largest absolute Gasteiger partial charge is 0.459 e. The molecule has 1 aliphatic rings. The van der Waals surface area contributed by atoms with Gasteiger partial charge in [0.2, 0.25) is 0 Å². The average molecular weight is 271 g/mol. The average Bonchev–Trinajstić information content (AvgIpc) is 2.92. The molecule has 1 aromatic heterocycles. The number of amides is 1. The molecule has 0 aromatic carbocycles. The fraction of sp³-hybridized carbons (Fsp3) is 0.583. The lowest BCUT2D eigenvalue weighted by molar-refractivity contribution is -0.187. The van der Waals surface area contributed by atoms with Crippen LogP contribution in [-0.2, 0) is 4.74 Å². The van der Waals surface area contributed by atoms with Crippen LogP contribution in [0, 0.1) is 0 Å². The number of ether oxygens (including phenoxy) is 1. The van der Waals surface area contributed by atoms with E-state index in [1.54, 1.807) is 13.0 Å². The van der Waals surface area contributed by atoms with Crippen molar-refractivity contribution in [2.75, 3.05) is 6.61 Å². The molecule has 0 saturated carbocycles. The maximum atomic E-state index is 11.8. The van der Waals surface area contributed by atoms with Crippen molar-refractivity contribution in [3.63, 3.8) is 0 Å². The van der Waals surface area contributed by atoms with Gasteiger partial charge < -0.3 is 29.8 Å². The topological polar surface area (TPSA) is 112 Å². The Hall–Kier alpha value is -1.41. The zero-order valence-corrected chi connectivity index (χ0v) is 10.4. The third-order valence-electron chi connectivity index (χ3n) is 3.22. The zero-order chi connectivity index (χ0) is 14.0. The number of aliphatic hydroxyl groups is 3. The molecule has 2 rings (SSSR count). The number of furan rings is 1. The van der Waals surface area contributed by atoms with Crippen molar-refractivity contribution >= 4 is 5.91 Å². The monoisotopic (exact) mass is 271 g/mol. The Morgan fingerprint density at radius 3 is 2.74 bits per heavy atom. The van der Waals surface area contributed by atoms with Crippen LogP contribution < -0.4 is 5.32 Å². The second kappa shape index (κ2) is 5.70. The third-order valence-corrected chi connectivity index (χ3v) is 3.22. The van der Waals surface area contributed by atoms with E-state index in [9.17, 15) is 15.0 Å². The summed E-state index contributed by atoms with van der Waals surface area (Å²) in [7, 11) is 0. The zero-order valence-electron chi connectivity index (χ0n) is 10.4. The molecule has 7 nitrogen and oxygen atoms in total. The molecule has 1 fully saturated rings. The predicted octanol–water partition coefficient (Wildman–Crippen LogP) is -1.12. The van der Waals surface area contributed by atoms with Crippen LogP contribution in [0.2, 0.25) is 0 Å². The molecule has 2 unspecified atom stereocenters. The maximum absolute atomic E-state index is 11.8. The summed E-state index contributed by atoms with van der Waals surface area (Å²) in [5.41, 5.74) is 0. The van der Waals surface area contributed by atoms with Gasteiger partial charge >= 0.3 is 0 Å². The van der Waals surface area contributed by atoms with Crippen LogP contribution in [0.1, 0.15) is 17.5 Å². The van der Waals surface area contributed by atoms with Crippen LogP contribution in [0.3, 0.4) is 0 Å². The number of carbonyl (C=O) groups is 1. The molecule has 0 aliphatic carbocycles. The van der Waals surface area contributed by atoms with Crippen molar-refractivity contribution in [2.45, 2.75) is 37.4 Å². The molecule has 7 heteroatoms. The van der Waals surface area contributed by atoms with E-state index in [1.807, 2.05) is 0 Å². The molecule has 4 N–H and O–H groups in total. The van der Waals surface area contributed by atoms with E-state index in [0.717, 1.165) is 0 Å². The minimum absolute atomic E-state index is 0.109. The van der Waals surface area contributed by atoms with Crippen LogP contribution in [0.5, 0.6) is 0 Å². The number of rotatable bonds is 3. The van der Waals surface area contributed by atoms with Gasteiger partial charge in [0.15, 0.2) is 5.76 Å². The van der Waals surface area contributed by atoms with E-state index >= 15 is 0 Å². The fourth-order valence-corrected chi connectivity index (χ4v) is 2.13. The molecule has 5 atom stereocenters. The Morgan fingerprint density at radius 2 is 2.16 bits per heavy atom. The Bertz CT molecular complexity index is 420. The highest BCUT2D eigenvalue weighted by Crippen LogP contribution is 2.21. The third kappa shape index (κ3) is 2.79. The van der Waals surface area contributed by atoms with Gasteiger partial charge in [-0.25, -0.2) is 0 Å². The number of aliphatic hydroxyl groups excluding tert-OH is 3. The molecule has 1 aliphatic heterocycles. The first-order chi connectivity index (χ1) is 9.04. The second-order valence-corrected chi connectivity index (χ2v) is 4.52. The van der Waals surface area contributed by atoms with E-state index < -0.39 is 43.0 Å². The standard InChI is InChI=1S/C12H17NO6/c1-6-9(11(16)10(15)8(5-14)19-6)13-12(17)7-3-2-4-18-7/h2-4,6,8-11,14-16H,5H2,1H3,(H,13,17)/t6-,8?,9?,10+,11-/m1/s1. The van der Waals surface area contributed by atoms with E-state index in [-0.39, 0.29) is 5.76 Å². The highest BCUT2D eigenvalue weighted by atomic mass is 16.5. The minimum atomic E-state index is -1.26. The quantitative estimate of drug-likeness (QED) is 0.554. The van der Waals surface area contributed by atoms with Crippen LogP contribution in [0.15, 0.2) is 22.8 Å². The number of hydrogen-bond donors (Lipinski definition) is 4. The molecule has 1 amide bonds. The molecule has 19 heavy (non-hydrogen) atoms. The molecule has 2 heterocycles. The molecule has 106 valence electrons. The minimum Gasteiger partial charge on any atom is -0.459 e. The number of nitrogens with one attached hydrogen (secondary N) is 1. The lowest BCUT2D eigenvalue weighted by Crippen LogP contribution is -2.63. The predicted molar refractivity (Wildman–Crippen MR) is 63.4 cm³/mol. The SMILES string of the molecule is C[C@H]1OC(CO)[C@H](O)[C@H](O)C1NC(=O)c1ccco1. The van der Waals surface area contributed by atoms with Crippen LogP contribution in [-0.4, -0.2) is 58.3 Å². The van der Waals surface area contributed by atoms with Crippen molar-refractivity contribution in [3.8, 4) is 0 Å². The van der Waals surface area contributed by atoms with E-state index in [4.69, 9.17) is 14.3 Å². The first-order valence-electron chi connectivity index (χ1n) is 6.01. The molecule has 0 spiro atoms. The van der Waals surface area contributed by atoms with Gasteiger partial charge in [-0.15, -0.1) is 0 Å². The summed E-state index contributed by atoms with van der Waals surface area (Å²) in [6.45, 7) is 1.24. The Morgan fingerprint density at radius 1 is 1.42 bits per heavy atom. The van der Waals surface area contributed by atoms with Crippen molar-refractivity contribution in [1.29, 1.82) is 0 Å². The van der Waals surface area contributed by atoms with E-state index in [0.29, 0.717) is 0 Å². The molecular formula is C12H17NO6. The lowest BCUT2D eigenvalue weighted by atomic mass is 9.93. The summed E-state index contributed by atoms with van der Waals surface area (Å²) >= 11 is 0. The normalized spacial score (nSPS) is 35.1. The van der Waals surface area contributed by atoms with Gasteiger partial charge in [-0.3, -0.25) is 4.79 Å². The molecule has 1 saturated heterocycles.